The van der Waals surface area contributed by atoms with E-state index in [2.05, 4.69) is 5.32 Å². The molecule has 14 heteroatoms. The number of nitrogens with zero attached hydrogens (tertiary/aromatic N) is 2. The maximum absolute atomic E-state index is 14.9. The maximum Gasteiger partial charge on any atom is 0.348 e. The number of imide groups is 1. The average molecular weight is 509 g/mol. The molecule has 1 fully saturated rings. The van der Waals surface area contributed by atoms with E-state index in [1.165, 1.54) is 25.0 Å². The van der Waals surface area contributed by atoms with Gasteiger partial charge in [0.1, 0.15) is 23.5 Å². The van der Waals surface area contributed by atoms with Crippen molar-refractivity contribution in [2.45, 2.75) is 36.1 Å². The Hall–Kier alpha value is -3.07. The third-order valence-corrected chi connectivity index (χ3v) is 7.77. The van der Waals surface area contributed by atoms with Crippen molar-refractivity contribution < 1.29 is 28.0 Å². The first kappa shape index (κ1) is 26.0. The van der Waals surface area contributed by atoms with Crippen LogP contribution in [-0.4, -0.2) is 70.3 Å². The molecule has 0 aliphatic carbocycles. The molecule has 0 spiro atoms. The van der Waals surface area contributed by atoms with Crippen molar-refractivity contribution in [1.29, 1.82) is 0 Å². The normalized spacial score (nSPS) is 22.7. The summed E-state index contributed by atoms with van der Waals surface area (Å²) in [7, 11) is 6.31. The van der Waals surface area contributed by atoms with Crippen LogP contribution in [0.4, 0.5) is 8.78 Å². The summed E-state index contributed by atoms with van der Waals surface area (Å²) >= 11 is 5.78. The van der Waals surface area contributed by atoms with Gasteiger partial charge in [-0.25, -0.2) is 0 Å². The molecular weight excluding hydrogens is 487 g/mol. The van der Waals surface area contributed by atoms with Crippen LogP contribution in [0.3, 0.4) is 0 Å². The van der Waals surface area contributed by atoms with Crippen LogP contribution in [-0.2, 0) is 26.9 Å². The molecule has 0 saturated carbocycles. The SMILES string of the molecule is BC(c1ccc2c(c1)CN(C1(B)C(=O)NC(=O)CC1B)C2=O)N(B)C(=O)C(F)(F)c1ccc(Cl)cc1. The predicted molar refractivity (Wildman–Crippen MR) is 140 cm³/mol. The van der Waals surface area contributed by atoms with Gasteiger partial charge in [-0.15, -0.1) is 0 Å². The van der Waals surface area contributed by atoms with Crippen molar-refractivity contribution in [1.82, 2.24) is 15.0 Å². The lowest BCUT2D eigenvalue weighted by Crippen LogP contribution is -2.66. The van der Waals surface area contributed by atoms with E-state index < -0.39 is 40.5 Å². The molecule has 4 rings (SSSR count). The average Bonchev–Trinajstić information content (AvgIpc) is 3.17. The molecule has 1 saturated heterocycles. The van der Waals surface area contributed by atoms with E-state index in [0.717, 1.165) is 16.9 Å². The van der Waals surface area contributed by atoms with Crippen LogP contribution in [0.25, 0.3) is 0 Å². The van der Waals surface area contributed by atoms with E-state index in [9.17, 15) is 28.0 Å². The molecule has 1 N–H and O–H groups in total. The minimum atomic E-state index is -3.76. The number of hydrogen-bond donors (Lipinski definition) is 1. The molecule has 7 nitrogen and oxygen atoms in total. The zero-order chi connectivity index (χ0) is 26.6. The highest BCUT2D eigenvalue weighted by molar-refractivity contribution is 6.38. The Bertz CT molecular complexity index is 1280. The summed E-state index contributed by atoms with van der Waals surface area (Å²) in [5.41, 5.74) is -0.105. The highest BCUT2D eigenvalue weighted by Crippen LogP contribution is 2.38. The maximum atomic E-state index is 14.9. The summed E-state index contributed by atoms with van der Waals surface area (Å²) in [6, 6.07) is 9.73. The number of nitrogens with one attached hydrogen (secondary N) is 1. The van der Waals surface area contributed by atoms with Gasteiger partial charge in [-0.2, -0.15) is 8.78 Å². The van der Waals surface area contributed by atoms with Gasteiger partial charge in [0.25, 0.3) is 11.8 Å². The number of carbonyl (C=O) groups excluding carboxylic acids is 4. The van der Waals surface area contributed by atoms with Crippen molar-refractivity contribution >= 4 is 66.7 Å². The highest BCUT2D eigenvalue weighted by Gasteiger charge is 2.52. The van der Waals surface area contributed by atoms with Gasteiger partial charge in [0.2, 0.25) is 19.8 Å². The van der Waals surface area contributed by atoms with Crippen molar-refractivity contribution in [3.63, 3.8) is 0 Å². The number of halogens is 3. The highest BCUT2D eigenvalue weighted by atomic mass is 35.5. The van der Waals surface area contributed by atoms with Gasteiger partial charge in [0, 0.05) is 35.1 Å². The first-order valence-electron chi connectivity index (χ1n) is 11.5. The van der Waals surface area contributed by atoms with E-state index >= 15 is 0 Å². The Morgan fingerprint density at radius 2 is 1.83 bits per heavy atom. The molecule has 36 heavy (non-hydrogen) atoms. The number of hydrogen-bond acceptors (Lipinski definition) is 4. The number of piperidine rings is 1. The summed E-state index contributed by atoms with van der Waals surface area (Å²) < 4.78 is 29.9. The Labute approximate surface area is 215 Å². The number of amides is 4. The minimum absolute atomic E-state index is 0.111. The fraction of sp³-hybridized carbons (Fsp3) is 0.273. The zero-order valence-electron chi connectivity index (χ0n) is 20.3. The molecular formula is C22H22B4ClF2N3O4. The van der Waals surface area contributed by atoms with Crippen molar-refractivity contribution in [3.05, 3.63) is 69.7 Å². The Morgan fingerprint density at radius 1 is 1.19 bits per heavy atom. The van der Waals surface area contributed by atoms with Crippen molar-refractivity contribution in [2.75, 3.05) is 0 Å². The summed E-state index contributed by atoms with van der Waals surface area (Å²) in [4.78, 5) is 52.9. The number of fused-ring (bicyclic) bond motifs is 1. The third-order valence-electron chi connectivity index (χ3n) is 7.52. The van der Waals surface area contributed by atoms with E-state index in [4.69, 9.17) is 11.6 Å². The molecule has 4 amide bonds. The molecule has 3 unspecified atom stereocenters. The third kappa shape index (κ3) is 4.13. The molecule has 2 aliphatic heterocycles. The number of benzene rings is 2. The smallest absolute Gasteiger partial charge is 0.348 e. The van der Waals surface area contributed by atoms with Gasteiger partial charge < -0.3 is 9.71 Å². The number of alkyl halides is 2. The molecule has 0 aromatic heterocycles. The topological polar surface area (TPSA) is 86.8 Å². The molecule has 0 bridgehead atoms. The van der Waals surface area contributed by atoms with Gasteiger partial charge in [-0.3, -0.25) is 24.5 Å². The minimum Gasteiger partial charge on any atom is -0.389 e. The van der Waals surface area contributed by atoms with Crippen LogP contribution in [0.5, 0.6) is 0 Å². The predicted octanol–water partition coefficient (Wildman–Crippen LogP) is -1.11. The molecule has 2 heterocycles. The van der Waals surface area contributed by atoms with E-state index in [1.54, 1.807) is 41.7 Å². The van der Waals surface area contributed by atoms with Crippen LogP contribution in [0.2, 0.25) is 10.8 Å². The second kappa shape index (κ2) is 9.10. The summed E-state index contributed by atoms with van der Waals surface area (Å²) in [5, 5.41) is 2.60. The lowest BCUT2D eigenvalue weighted by molar-refractivity contribution is -0.154. The van der Waals surface area contributed by atoms with E-state index in [1.807, 2.05) is 0 Å². The lowest BCUT2D eigenvalue weighted by Gasteiger charge is -2.44. The molecule has 3 atom stereocenters. The van der Waals surface area contributed by atoms with E-state index in [-0.39, 0.29) is 29.8 Å². The lowest BCUT2D eigenvalue weighted by atomic mass is 9.56. The number of carbonyl (C=O) groups is 4. The molecule has 0 radical (unpaired) electrons. The Balaban J connectivity index is 1.57. The second-order valence-electron chi connectivity index (χ2n) is 9.61. The van der Waals surface area contributed by atoms with Crippen molar-refractivity contribution in [3.8, 4) is 0 Å². The molecule has 182 valence electrons. The van der Waals surface area contributed by atoms with Crippen LogP contribution in [0.1, 0.15) is 39.4 Å². The van der Waals surface area contributed by atoms with Crippen LogP contribution >= 0.6 is 11.6 Å². The Kier molecular flexibility index (Phi) is 6.58. The van der Waals surface area contributed by atoms with Gasteiger partial charge in [0.05, 0.1) is 5.44 Å². The van der Waals surface area contributed by atoms with Crippen molar-refractivity contribution in [2.24, 2.45) is 0 Å². The second-order valence-corrected chi connectivity index (χ2v) is 10.0. The van der Waals surface area contributed by atoms with Gasteiger partial charge in [-0.1, -0.05) is 35.9 Å². The van der Waals surface area contributed by atoms with Gasteiger partial charge in [-0.05, 0) is 35.1 Å². The monoisotopic (exact) mass is 509 g/mol. The fourth-order valence-corrected chi connectivity index (χ4v) is 4.90. The molecule has 2 aromatic carbocycles. The Morgan fingerprint density at radius 3 is 2.44 bits per heavy atom. The number of rotatable bonds is 5. The summed E-state index contributed by atoms with van der Waals surface area (Å²) in [5.74, 6) is -7.51. The first-order valence-corrected chi connectivity index (χ1v) is 11.9. The van der Waals surface area contributed by atoms with Crippen LogP contribution in [0.15, 0.2) is 42.5 Å². The largest absolute Gasteiger partial charge is 0.389 e. The van der Waals surface area contributed by atoms with Crippen LogP contribution in [0, 0.1) is 0 Å². The molecule has 2 aliphatic rings. The molecule has 2 aromatic rings. The summed E-state index contributed by atoms with van der Waals surface area (Å²) in [6.45, 7) is 0.121. The fourth-order valence-electron chi connectivity index (χ4n) is 4.77. The quantitative estimate of drug-likeness (QED) is 0.410. The summed E-state index contributed by atoms with van der Waals surface area (Å²) in [6.07, 6.45) is 0.111. The van der Waals surface area contributed by atoms with Gasteiger partial charge >= 0.3 is 5.92 Å². The van der Waals surface area contributed by atoms with Gasteiger partial charge in [0.15, 0.2) is 0 Å². The first-order chi connectivity index (χ1) is 16.8. The zero-order valence-corrected chi connectivity index (χ0v) is 21.0. The standard InChI is InChI=1S/C22H22B4ClF2N3O4/c23-15-8-16(33)30-19(35)21(15,25)31-9-11-7-10(1-6-14(11)18(31)34)17(24)32(26)20(36)22(28,29)12-2-4-13(27)5-3-12/h1-7,15,17H,8-9,23-26H2,(H,30,33,35). The van der Waals surface area contributed by atoms with Crippen LogP contribution < -0.4 is 5.32 Å². The van der Waals surface area contributed by atoms with E-state index in [0.29, 0.717) is 16.7 Å².